The Kier molecular flexibility index (Phi) is 3.52. The van der Waals surface area contributed by atoms with E-state index in [0.29, 0.717) is 18.2 Å². The lowest BCUT2D eigenvalue weighted by Crippen LogP contribution is -2.14. The van der Waals surface area contributed by atoms with Crippen LogP contribution in [0, 0.1) is 0 Å². The molecule has 1 aromatic carbocycles. The summed E-state index contributed by atoms with van der Waals surface area (Å²) in [5, 5.41) is 0. The van der Waals surface area contributed by atoms with Crippen LogP contribution < -0.4 is 16.0 Å². The van der Waals surface area contributed by atoms with Gasteiger partial charge in [-0.15, -0.1) is 0 Å². The van der Waals surface area contributed by atoms with Crippen molar-refractivity contribution >= 4 is 17.6 Å². The summed E-state index contributed by atoms with van der Waals surface area (Å²) in [6, 6.07) is 9.63. The summed E-state index contributed by atoms with van der Waals surface area (Å²) in [6.45, 7) is 0.344. The number of nitrogen functional groups attached to an aromatic ring is 1. The van der Waals surface area contributed by atoms with Crippen LogP contribution in [0.5, 0.6) is 5.75 Å². The van der Waals surface area contributed by atoms with E-state index in [9.17, 15) is 0 Å². The summed E-state index contributed by atoms with van der Waals surface area (Å²) in [5.41, 5.74) is 4.81. The summed E-state index contributed by atoms with van der Waals surface area (Å²) in [5.74, 6) is 9.50. The fraction of sp³-hybridized carbons (Fsp3) is 0.231. The molecule has 19 heavy (non-hydrogen) atoms. The average molecular weight is 274 g/mol. The number of rotatable bonds is 4. The lowest BCUT2D eigenvalue weighted by atomic mass is 10.2. The van der Waals surface area contributed by atoms with E-state index in [-0.39, 0.29) is 0 Å². The van der Waals surface area contributed by atoms with Gasteiger partial charge in [-0.05, 0) is 12.1 Å². The predicted molar refractivity (Wildman–Crippen MR) is 75.6 cm³/mol. The second-order valence-electron chi connectivity index (χ2n) is 4.15. The van der Waals surface area contributed by atoms with Gasteiger partial charge in [0, 0.05) is 17.1 Å². The summed E-state index contributed by atoms with van der Waals surface area (Å²) < 4.78 is 5.65. The summed E-state index contributed by atoms with van der Waals surface area (Å²) in [4.78, 5) is 8.92. The first kappa shape index (κ1) is 12.3. The molecule has 1 aliphatic heterocycles. The third kappa shape index (κ3) is 2.64. The third-order valence-corrected chi connectivity index (χ3v) is 3.84. The van der Waals surface area contributed by atoms with Crippen LogP contribution in [0.15, 0.2) is 30.3 Å². The predicted octanol–water partition coefficient (Wildman–Crippen LogP) is 2.09. The lowest BCUT2D eigenvalue weighted by Gasteiger charge is -2.09. The van der Waals surface area contributed by atoms with E-state index in [1.54, 1.807) is 0 Å². The molecule has 0 fully saturated rings. The van der Waals surface area contributed by atoms with Crippen molar-refractivity contribution < 1.29 is 4.74 Å². The molecule has 0 aliphatic carbocycles. The number of hydrazine groups is 1. The summed E-state index contributed by atoms with van der Waals surface area (Å²) >= 11 is 1.82. The van der Waals surface area contributed by atoms with Gasteiger partial charge in [-0.1, -0.05) is 18.2 Å². The number of para-hydroxylation sites is 1. The molecule has 0 radical (unpaired) electrons. The monoisotopic (exact) mass is 274 g/mol. The fourth-order valence-electron chi connectivity index (χ4n) is 1.95. The third-order valence-electron chi connectivity index (χ3n) is 2.87. The van der Waals surface area contributed by atoms with Crippen molar-refractivity contribution in [2.45, 2.75) is 18.1 Å². The van der Waals surface area contributed by atoms with Crippen molar-refractivity contribution in [1.29, 1.82) is 0 Å². The van der Waals surface area contributed by atoms with Crippen molar-refractivity contribution in [1.82, 2.24) is 9.97 Å². The second kappa shape index (κ2) is 5.46. The zero-order valence-electron chi connectivity index (χ0n) is 10.3. The number of nitrogens with two attached hydrogens (primary N) is 1. The standard InChI is InChI=1S/C13H14N4OS/c14-17-13-10-7-19-8-11(10)15-12(16-13)6-18-9-4-2-1-3-5-9/h1-5H,6-8,14H2,(H,15,16,17). The highest BCUT2D eigenvalue weighted by Crippen LogP contribution is 2.32. The Balaban J connectivity index is 1.78. The van der Waals surface area contributed by atoms with Crippen LogP contribution in [0.4, 0.5) is 5.82 Å². The van der Waals surface area contributed by atoms with Gasteiger partial charge >= 0.3 is 0 Å². The van der Waals surface area contributed by atoms with Crippen LogP contribution in [0.25, 0.3) is 0 Å². The molecular formula is C13H14N4OS. The van der Waals surface area contributed by atoms with Gasteiger partial charge in [0.15, 0.2) is 5.82 Å². The number of fused-ring (bicyclic) bond motifs is 1. The Morgan fingerprint density at radius 2 is 2.05 bits per heavy atom. The van der Waals surface area contributed by atoms with Crippen LogP contribution in [-0.2, 0) is 18.1 Å². The molecule has 0 atom stereocenters. The molecular weight excluding hydrogens is 260 g/mol. The zero-order valence-corrected chi connectivity index (χ0v) is 11.1. The number of hydrogen-bond acceptors (Lipinski definition) is 6. The molecule has 1 aromatic heterocycles. The van der Waals surface area contributed by atoms with Gasteiger partial charge in [0.05, 0.1) is 5.69 Å². The topological polar surface area (TPSA) is 73.1 Å². The van der Waals surface area contributed by atoms with E-state index in [1.807, 2.05) is 42.1 Å². The maximum absolute atomic E-state index is 5.65. The first-order valence-corrected chi connectivity index (χ1v) is 7.13. The van der Waals surface area contributed by atoms with Gasteiger partial charge in [-0.25, -0.2) is 15.8 Å². The van der Waals surface area contributed by atoms with Crippen molar-refractivity contribution in [2.75, 3.05) is 5.43 Å². The van der Waals surface area contributed by atoms with Crippen LogP contribution in [0.2, 0.25) is 0 Å². The van der Waals surface area contributed by atoms with Gasteiger partial charge in [-0.2, -0.15) is 11.8 Å². The van der Waals surface area contributed by atoms with Gasteiger partial charge in [0.2, 0.25) is 0 Å². The van der Waals surface area contributed by atoms with E-state index in [2.05, 4.69) is 15.4 Å². The Morgan fingerprint density at radius 3 is 2.84 bits per heavy atom. The minimum atomic E-state index is 0.344. The Morgan fingerprint density at radius 1 is 1.21 bits per heavy atom. The molecule has 0 spiro atoms. The number of hydrogen-bond donors (Lipinski definition) is 2. The quantitative estimate of drug-likeness (QED) is 0.657. The Bertz CT molecular complexity index is 576. The van der Waals surface area contributed by atoms with Crippen molar-refractivity contribution in [3.8, 4) is 5.75 Å². The molecule has 98 valence electrons. The molecule has 0 unspecified atom stereocenters. The molecule has 3 N–H and O–H groups in total. The largest absolute Gasteiger partial charge is 0.486 e. The van der Waals surface area contributed by atoms with Gasteiger partial charge in [0.25, 0.3) is 0 Å². The van der Waals surface area contributed by atoms with Crippen LogP contribution >= 0.6 is 11.8 Å². The van der Waals surface area contributed by atoms with E-state index in [4.69, 9.17) is 10.6 Å². The molecule has 2 heterocycles. The van der Waals surface area contributed by atoms with E-state index in [1.165, 1.54) is 0 Å². The first-order valence-electron chi connectivity index (χ1n) is 5.97. The molecule has 0 bridgehead atoms. The maximum Gasteiger partial charge on any atom is 0.168 e. The minimum absolute atomic E-state index is 0.344. The van der Waals surface area contributed by atoms with Gasteiger partial charge in [0.1, 0.15) is 18.2 Å². The minimum Gasteiger partial charge on any atom is -0.486 e. The molecule has 0 saturated heterocycles. The van der Waals surface area contributed by atoms with Crippen LogP contribution in [0.1, 0.15) is 17.1 Å². The number of benzene rings is 1. The maximum atomic E-state index is 5.65. The summed E-state index contributed by atoms with van der Waals surface area (Å²) in [6.07, 6.45) is 0. The summed E-state index contributed by atoms with van der Waals surface area (Å²) in [7, 11) is 0. The van der Waals surface area contributed by atoms with E-state index >= 15 is 0 Å². The smallest absolute Gasteiger partial charge is 0.168 e. The number of nitrogens with one attached hydrogen (secondary N) is 1. The van der Waals surface area contributed by atoms with Gasteiger partial charge in [-0.3, -0.25) is 0 Å². The molecule has 0 amide bonds. The van der Waals surface area contributed by atoms with Crippen LogP contribution in [-0.4, -0.2) is 9.97 Å². The number of anilines is 1. The molecule has 3 rings (SSSR count). The van der Waals surface area contributed by atoms with Crippen molar-refractivity contribution in [2.24, 2.45) is 5.84 Å². The molecule has 5 nitrogen and oxygen atoms in total. The molecule has 1 aliphatic rings. The highest BCUT2D eigenvalue weighted by Gasteiger charge is 2.19. The number of thioether (sulfide) groups is 1. The number of nitrogens with zero attached hydrogens (tertiary/aromatic N) is 2. The molecule has 0 saturated carbocycles. The Hall–Kier alpha value is -1.79. The lowest BCUT2D eigenvalue weighted by molar-refractivity contribution is 0.295. The highest BCUT2D eigenvalue weighted by molar-refractivity contribution is 7.98. The normalized spacial score (nSPS) is 13.1. The van der Waals surface area contributed by atoms with E-state index in [0.717, 1.165) is 28.5 Å². The van der Waals surface area contributed by atoms with Crippen molar-refractivity contribution in [3.05, 3.63) is 47.4 Å². The average Bonchev–Trinajstić information content (AvgIpc) is 2.93. The first-order chi connectivity index (χ1) is 9.36. The van der Waals surface area contributed by atoms with E-state index < -0.39 is 0 Å². The van der Waals surface area contributed by atoms with Gasteiger partial charge < -0.3 is 10.2 Å². The molecule has 2 aromatic rings. The Labute approximate surface area is 115 Å². The van der Waals surface area contributed by atoms with Crippen molar-refractivity contribution in [3.63, 3.8) is 0 Å². The second-order valence-corrected chi connectivity index (χ2v) is 5.14. The zero-order chi connectivity index (χ0) is 13.1. The number of ether oxygens (including phenoxy) is 1. The number of aromatic nitrogens is 2. The highest BCUT2D eigenvalue weighted by atomic mass is 32.2. The SMILES string of the molecule is NNc1nc(COc2ccccc2)nc2c1CSC2. The fourth-order valence-corrected chi connectivity index (χ4v) is 2.99. The van der Waals surface area contributed by atoms with Crippen LogP contribution in [0.3, 0.4) is 0 Å². The molecule has 6 heteroatoms.